The molecule has 0 aliphatic heterocycles. The number of hydrogen-bond acceptors (Lipinski definition) is 3. The molecular weight excluding hydrogens is 237 g/mol. The van der Waals surface area contributed by atoms with Crippen LogP contribution in [0.5, 0.6) is 0 Å². The summed E-state index contributed by atoms with van der Waals surface area (Å²) in [5.74, 6) is -2.12. The molecule has 1 aromatic heterocycles. The van der Waals surface area contributed by atoms with Crippen LogP contribution in [0.3, 0.4) is 0 Å². The first kappa shape index (κ1) is 10.6. The molecule has 0 aliphatic carbocycles. The van der Waals surface area contributed by atoms with E-state index in [-0.39, 0.29) is 21.9 Å². The molecule has 0 fully saturated rings. The van der Waals surface area contributed by atoms with Gasteiger partial charge in [-0.2, -0.15) is 0 Å². The monoisotopic (exact) mass is 241 g/mol. The molecule has 1 aromatic carbocycles. The van der Waals surface area contributed by atoms with Crippen molar-refractivity contribution in [3.63, 3.8) is 0 Å². The number of nitrogens with zero attached hydrogens (tertiary/aromatic N) is 1. The molecule has 0 atom stereocenters. The topological polar surface area (TPSA) is 63.3 Å². The van der Waals surface area contributed by atoms with Gasteiger partial charge >= 0.3 is 5.97 Å². The van der Waals surface area contributed by atoms with E-state index in [4.69, 9.17) is 21.2 Å². The fourth-order valence-corrected chi connectivity index (χ4v) is 1.44. The molecular formula is C10H5ClFNO3. The zero-order valence-electron chi connectivity index (χ0n) is 7.78. The summed E-state index contributed by atoms with van der Waals surface area (Å²) in [5, 5.41) is 12.0. The van der Waals surface area contributed by atoms with Gasteiger partial charge in [-0.15, -0.1) is 0 Å². The molecule has 0 unspecified atom stereocenters. The molecule has 1 N–H and O–H groups in total. The van der Waals surface area contributed by atoms with E-state index >= 15 is 0 Å². The van der Waals surface area contributed by atoms with Gasteiger partial charge < -0.3 is 9.63 Å². The second-order valence-electron chi connectivity index (χ2n) is 2.98. The average molecular weight is 242 g/mol. The van der Waals surface area contributed by atoms with Gasteiger partial charge in [0.1, 0.15) is 5.56 Å². The lowest BCUT2D eigenvalue weighted by molar-refractivity contribution is 0.0697. The minimum Gasteiger partial charge on any atom is -0.477 e. The number of carboxylic acid groups (broad SMARTS) is 1. The molecule has 0 saturated carbocycles. The van der Waals surface area contributed by atoms with Gasteiger partial charge in [-0.3, -0.25) is 0 Å². The van der Waals surface area contributed by atoms with Crippen LogP contribution in [0, 0.1) is 5.82 Å². The van der Waals surface area contributed by atoms with E-state index in [9.17, 15) is 9.18 Å². The first-order chi connectivity index (χ1) is 7.61. The predicted molar refractivity (Wildman–Crippen MR) is 53.9 cm³/mol. The largest absolute Gasteiger partial charge is 0.477 e. The van der Waals surface area contributed by atoms with Crippen LogP contribution in [0.15, 0.2) is 28.9 Å². The maximum absolute atomic E-state index is 13.6. The van der Waals surface area contributed by atoms with Crippen molar-refractivity contribution in [3.05, 3.63) is 40.8 Å². The van der Waals surface area contributed by atoms with Crippen molar-refractivity contribution in [1.29, 1.82) is 0 Å². The third kappa shape index (κ3) is 1.65. The fraction of sp³-hybridized carbons (Fsp3) is 0. The first-order valence-electron chi connectivity index (χ1n) is 4.23. The minimum absolute atomic E-state index is 0.0256. The lowest BCUT2D eigenvalue weighted by Crippen LogP contribution is -1.97. The molecule has 0 aliphatic rings. The standard InChI is InChI=1S/C10H5ClFNO3/c11-7-3-1-2-5(8(7)12)9-6(10(14)15)4-13-16-9/h1-4H,(H,14,15). The van der Waals surface area contributed by atoms with E-state index in [1.165, 1.54) is 18.2 Å². The quantitative estimate of drug-likeness (QED) is 0.878. The van der Waals surface area contributed by atoms with Crippen molar-refractivity contribution in [2.45, 2.75) is 0 Å². The van der Waals surface area contributed by atoms with Gasteiger partial charge in [0.15, 0.2) is 11.6 Å². The Hall–Kier alpha value is -1.88. The Labute approximate surface area is 94.2 Å². The number of benzene rings is 1. The van der Waals surface area contributed by atoms with Crippen LogP contribution in [0.25, 0.3) is 11.3 Å². The Morgan fingerprint density at radius 2 is 2.25 bits per heavy atom. The summed E-state index contributed by atoms with van der Waals surface area (Å²) in [5.41, 5.74) is -0.233. The van der Waals surface area contributed by atoms with Crippen molar-refractivity contribution >= 4 is 17.6 Å². The molecule has 6 heteroatoms. The summed E-state index contributed by atoms with van der Waals surface area (Å²) in [6.07, 6.45) is 1.01. The molecule has 1 heterocycles. The summed E-state index contributed by atoms with van der Waals surface area (Å²) in [6.45, 7) is 0. The zero-order valence-corrected chi connectivity index (χ0v) is 8.53. The Morgan fingerprint density at radius 3 is 2.94 bits per heavy atom. The van der Waals surface area contributed by atoms with Gasteiger partial charge in [0.2, 0.25) is 0 Å². The van der Waals surface area contributed by atoms with E-state index in [0.717, 1.165) is 6.20 Å². The minimum atomic E-state index is -1.24. The Morgan fingerprint density at radius 1 is 1.50 bits per heavy atom. The first-order valence-corrected chi connectivity index (χ1v) is 4.61. The number of carbonyl (C=O) groups is 1. The van der Waals surface area contributed by atoms with Crippen molar-refractivity contribution in [2.24, 2.45) is 0 Å². The highest BCUT2D eigenvalue weighted by Gasteiger charge is 2.20. The average Bonchev–Trinajstić information content (AvgIpc) is 2.70. The highest BCUT2D eigenvalue weighted by atomic mass is 35.5. The Balaban J connectivity index is 2.63. The van der Waals surface area contributed by atoms with Crippen LogP contribution < -0.4 is 0 Å². The lowest BCUT2D eigenvalue weighted by atomic mass is 10.1. The van der Waals surface area contributed by atoms with E-state index in [0.29, 0.717) is 0 Å². The fourth-order valence-electron chi connectivity index (χ4n) is 1.27. The van der Waals surface area contributed by atoms with E-state index < -0.39 is 11.8 Å². The van der Waals surface area contributed by atoms with Crippen molar-refractivity contribution in [2.75, 3.05) is 0 Å². The van der Waals surface area contributed by atoms with Crippen LogP contribution in [-0.4, -0.2) is 16.2 Å². The maximum Gasteiger partial charge on any atom is 0.341 e. The van der Waals surface area contributed by atoms with Gasteiger partial charge in [-0.25, -0.2) is 9.18 Å². The van der Waals surface area contributed by atoms with Gasteiger partial charge in [0.05, 0.1) is 16.8 Å². The van der Waals surface area contributed by atoms with Crippen LogP contribution in [0.2, 0.25) is 5.02 Å². The number of halogens is 2. The molecule has 0 bridgehead atoms. The van der Waals surface area contributed by atoms with E-state index in [2.05, 4.69) is 5.16 Å². The van der Waals surface area contributed by atoms with Gasteiger partial charge in [0, 0.05) is 0 Å². The van der Waals surface area contributed by atoms with Gasteiger partial charge in [0.25, 0.3) is 0 Å². The van der Waals surface area contributed by atoms with Gasteiger partial charge in [-0.05, 0) is 12.1 Å². The normalized spacial score (nSPS) is 10.4. The van der Waals surface area contributed by atoms with Crippen LogP contribution in [-0.2, 0) is 0 Å². The number of rotatable bonds is 2. The molecule has 16 heavy (non-hydrogen) atoms. The number of aromatic nitrogens is 1. The molecule has 0 spiro atoms. The summed E-state index contributed by atoms with van der Waals surface area (Å²) in [4.78, 5) is 10.8. The third-order valence-electron chi connectivity index (χ3n) is 2.00. The zero-order chi connectivity index (χ0) is 11.7. The highest BCUT2D eigenvalue weighted by Crippen LogP contribution is 2.29. The van der Waals surface area contributed by atoms with Crippen LogP contribution in [0.1, 0.15) is 10.4 Å². The SMILES string of the molecule is O=C(O)c1cnoc1-c1cccc(Cl)c1F. The summed E-state index contributed by atoms with van der Waals surface area (Å²) < 4.78 is 18.3. The van der Waals surface area contributed by atoms with E-state index in [1.54, 1.807) is 0 Å². The number of aromatic carboxylic acids is 1. The summed E-state index contributed by atoms with van der Waals surface area (Å²) in [6, 6.07) is 4.22. The summed E-state index contributed by atoms with van der Waals surface area (Å²) in [7, 11) is 0. The molecule has 0 radical (unpaired) electrons. The smallest absolute Gasteiger partial charge is 0.341 e. The molecule has 0 saturated heterocycles. The Bertz CT molecular complexity index is 553. The molecule has 4 nitrogen and oxygen atoms in total. The molecule has 82 valence electrons. The highest BCUT2D eigenvalue weighted by molar-refractivity contribution is 6.31. The van der Waals surface area contributed by atoms with Crippen LogP contribution in [0.4, 0.5) is 4.39 Å². The summed E-state index contributed by atoms with van der Waals surface area (Å²) >= 11 is 5.58. The second-order valence-corrected chi connectivity index (χ2v) is 3.38. The molecule has 0 amide bonds. The van der Waals surface area contributed by atoms with Crippen molar-refractivity contribution in [1.82, 2.24) is 5.16 Å². The second kappa shape index (κ2) is 3.94. The lowest BCUT2D eigenvalue weighted by Gasteiger charge is -2.01. The predicted octanol–water partition coefficient (Wildman–Crippen LogP) is 2.83. The van der Waals surface area contributed by atoms with Gasteiger partial charge in [-0.1, -0.05) is 22.8 Å². The number of carboxylic acids is 1. The van der Waals surface area contributed by atoms with E-state index in [1.807, 2.05) is 0 Å². The molecule has 2 rings (SSSR count). The molecule has 2 aromatic rings. The van der Waals surface area contributed by atoms with Crippen molar-refractivity contribution in [3.8, 4) is 11.3 Å². The Kier molecular flexibility index (Phi) is 2.62. The van der Waals surface area contributed by atoms with Crippen LogP contribution >= 0.6 is 11.6 Å². The van der Waals surface area contributed by atoms with Crippen molar-refractivity contribution < 1.29 is 18.8 Å². The number of hydrogen-bond donors (Lipinski definition) is 1. The maximum atomic E-state index is 13.6. The third-order valence-corrected chi connectivity index (χ3v) is 2.29.